The number of benzene rings is 2. The zero-order chi connectivity index (χ0) is 34.6. The van der Waals surface area contributed by atoms with Crippen LogP contribution >= 0.6 is 0 Å². The first-order valence-corrected chi connectivity index (χ1v) is 19.7. The van der Waals surface area contributed by atoms with Crippen LogP contribution in [0.4, 0.5) is 0 Å². The number of nitrogens with zero attached hydrogens (tertiary/aromatic N) is 3. The van der Waals surface area contributed by atoms with E-state index in [4.69, 9.17) is 0 Å². The van der Waals surface area contributed by atoms with Crippen molar-refractivity contribution in [1.82, 2.24) is 12.9 Å². The van der Waals surface area contributed by atoms with Crippen molar-refractivity contribution in [3.63, 3.8) is 0 Å². The average molecular weight is 870 g/mol. The Morgan fingerprint density at radius 3 is 0.960 bits per heavy atom. The van der Waals surface area contributed by atoms with Gasteiger partial charge >= 0.3 is 17.1 Å². The number of aryl methyl sites for hydroxylation is 2. The molecule has 2 saturated carbocycles. The second-order valence-corrected chi connectivity index (χ2v) is 16.9. The van der Waals surface area contributed by atoms with E-state index >= 15 is 0 Å². The van der Waals surface area contributed by atoms with Gasteiger partial charge in [-0.05, 0) is 95.9 Å². The normalized spacial score (nSPS) is 21.3. The van der Waals surface area contributed by atoms with Crippen molar-refractivity contribution >= 4 is 30.1 Å². The SMILES string of the molecule is Cc1ccc(S(=O)(=O)N2C/C=C/CN(S(=O)(=O)[C]3[CH][CH][CH][CH]3)C/C=C/CN(S(=O)(=O)c3ccc(C)cc3)C/C=C/C2)cc1.[CH]1[CH][CH][CH][CH]1.[Fe+2].[Pd]. The Morgan fingerprint density at radius 2 is 0.680 bits per heavy atom. The molecule has 270 valence electrons. The molecule has 50 heavy (non-hydrogen) atoms. The molecule has 0 aromatic heterocycles. The van der Waals surface area contributed by atoms with Crippen LogP contribution in [0, 0.1) is 76.9 Å². The van der Waals surface area contributed by atoms with Gasteiger partial charge in [0.15, 0.2) is 0 Å². The van der Waals surface area contributed by atoms with Crippen LogP contribution in [0.25, 0.3) is 0 Å². The Morgan fingerprint density at radius 1 is 0.420 bits per heavy atom. The fourth-order valence-corrected chi connectivity index (χ4v) is 8.73. The van der Waals surface area contributed by atoms with Crippen LogP contribution in [0.2, 0.25) is 0 Å². The predicted molar refractivity (Wildman–Crippen MR) is 190 cm³/mol. The molecule has 1 heterocycles. The monoisotopic (exact) mass is 869 g/mol. The molecule has 0 amide bonds. The van der Waals surface area contributed by atoms with E-state index < -0.39 is 30.1 Å². The molecule has 2 fully saturated rings. The van der Waals surface area contributed by atoms with Gasteiger partial charge in [0.05, 0.1) is 9.79 Å². The molecular weight excluding hydrogens is 829 g/mol. The van der Waals surface area contributed by atoms with E-state index in [-0.39, 0.29) is 91.8 Å². The zero-order valence-corrected chi connectivity index (χ0v) is 32.8. The van der Waals surface area contributed by atoms with Crippen LogP contribution in [0.5, 0.6) is 0 Å². The first kappa shape index (κ1) is 44.7. The van der Waals surface area contributed by atoms with E-state index in [9.17, 15) is 25.3 Å². The minimum Gasteiger partial charge on any atom is -0.212 e. The van der Waals surface area contributed by atoms with E-state index in [2.05, 4.69) is 0 Å². The molecule has 0 saturated heterocycles. The summed E-state index contributed by atoms with van der Waals surface area (Å²) in [6.45, 7) is 3.70. The Hall–Kier alpha value is -1.43. The Kier molecular flexibility index (Phi) is 19.1. The maximum absolute atomic E-state index is 13.5. The van der Waals surface area contributed by atoms with Gasteiger partial charge in [-0.25, -0.2) is 25.3 Å². The van der Waals surface area contributed by atoms with E-state index in [1.807, 2.05) is 46.0 Å². The molecule has 9 nitrogen and oxygen atoms in total. The zero-order valence-electron chi connectivity index (χ0n) is 27.7. The van der Waals surface area contributed by atoms with Gasteiger partial charge in [-0.2, -0.15) is 12.9 Å². The molecule has 2 aliphatic carbocycles. The van der Waals surface area contributed by atoms with Crippen molar-refractivity contribution in [2.75, 3.05) is 39.3 Å². The fourth-order valence-electron chi connectivity index (χ4n) is 4.68. The third-order valence-electron chi connectivity index (χ3n) is 7.50. The molecule has 0 N–H and O–H groups in total. The standard InChI is InChI=1S/C31H36N3O6S3.C5H5.Fe.Pd/c1-27-13-17-30(18-14-27)42(37,38)33-23-7-5-21-32(41(35,36)29-11-3-4-12-29)22-6-8-24-34(26-10-9-25-33)43(39,40)31-19-15-28(2)16-20-31;1-2-4-5-3-1;;/h3-20H,21-26H2,1-2H3;1-5H;;/q;;+2;/b7-5+,8-6+,10-9+;;;. The smallest absolute Gasteiger partial charge is 0.212 e. The Balaban J connectivity index is 0.00000114. The number of rotatable bonds is 6. The molecular formula is C36H41FeN3O6PdS3+2. The third kappa shape index (κ3) is 12.6. The van der Waals surface area contributed by atoms with Crippen molar-refractivity contribution in [3.8, 4) is 0 Å². The minimum absolute atomic E-state index is 0. The van der Waals surface area contributed by atoms with E-state index in [1.54, 1.807) is 97.8 Å². The summed E-state index contributed by atoms with van der Waals surface area (Å²) in [6.07, 6.45) is 26.1. The molecule has 0 unspecified atom stereocenters. The number of sulfonamides is 3. The molecule has 0 atom stereocenters. The summed E-state index contributed by atoms with van der Waals surface area (Å²) in [6, 6.07) is 13.1. The first-order valence-electron chi connectivity index (χ1n) is 15.4. The Labute approximate surface area is 325 Å². The molecule has 14 heteroatoms. The number of hydrogen-bond acceptors (Lipinski definition) is 6. The maximum atomic E-state index is 13.5. The minimum atomic E-state index is -3.90. The van der Waals surface area contributed by atoms with E-state index in [0.717, 1.165) is 11.1 Å². The average Bonchev–Trinajstić information content (AvgIpc) is 3.82. The van der Waals surface area contributed by atoms with Gasteiger partial charge in [0.2, 0.25) is 30.1 Å². The van der Waals surface area contributed by atoms with Gasteiger partial charge in [-0.1, -0.05) is 71.8 Å². The van der Waals surface area contributed by atoms with Gasteiger partial charge in [0, 0.05) is 59.7 Å². The summed E-state index contributed by atoms with van der Waals surface area (Å²) in [4.78, 5) is 0.261. The predicted octanol–water partition coefficient (Wildman–Crippen LogP) is 4.68. The summed E-state index contributed by atoms with van der Waals surface area (Å²) < 4.78 is 84.7. The fraction of sp³-hybridized carbons (Fsp3) is 0.222. The van der Waals surface area contributed by atoms with Crippen LogP contribution in [-0.2, 0) is 67.6 Å². The topological polar surface area (TPSA) is 112 Å². The summed E-state index contributed by atoms with van der Waals surface area (Å²) in [7, 11) is -11.7. The van der Waals surface area contributed by atoms with Crippen molar-refractivity contribution in [3.05, 3.63) is 159 Å². The van der Waals surface area contributed by atoms with Crippen LogP contribution in [-0.4, -0.2) is 77.4 Å². The van der Waals surface area contributed by atoms with Gasteiger partial charge in [0.25, 0.3) is 0 Å². The molecule has 5 rings (SSSR count). The van der Waals surface area contributed by atoms with E-state index in [1.165, 1.54) is 25.8 Å². The molecule has 0 bridgehead atoms. The summed E-state index contributed by atoms with van der Waals surface area (Å²) in [5, 5.41) is 0.142. The Bertz CT molecular complexity index is 1630. The molecule has 2 aromatic rings. The van der Waals surface area contributed by atoms with Crippen molar-refractivity contribution in [2.24, 2.45) is 0 Å². The van der Waals surface area contributed by atoms with Crippen molar-refractivity contribution in [2.45, 2.75) is 23.6 Å². The summed E-state index contributed by atoms with van der Waals surface area (Å²) in [5.74, 6) is 0. The van der Waals surface area contributed by atoms with Crippen LogP contribution in [0.1, 0.15) is 11.1 Å². The molecule has 2 aromatic carbocycles. The first-order chi connectivity index (χ1) is 22.9. The number of hydrogen-bond donors (Lipinski definition) is 0. The van der Waals surface area contributed by atoms with Gasteiger partial charge in [-0.3, -0.25) is 0 Å². The third-order valence-corrected chi connectivity index (χ3v) is 13.0. The van der Waals surface area contributed by atoms with Gasteiger partial charge in [0.1, 0.15) is 5.25 Å². The summed E-state index contributed by atoms with van der Waals surface area (Å²) >= 11 is 0. The van der Waals surface area contributed by atoms with Crippen molar-refractivity contribution < 1.29 is 62.7 Å². The molecule has 3 aliphatic rings. The molecule has 1 aliphatic heterocycles. The van der Waals surface area contributed by atoms with Crippen LogP contribution in [0.15, 0.2) is 94.8 Å². The quantitative estimate of drug-likeness (QED) is 0.308. The molecule has 10 radical (unpaired) electrons. The second kappa shape index (κ2) is 21.3. The second-order valence-electron chi connectivity index (χ2n) is 11.1. The largest absolute Gasteiger partial charge is 2.00 e. The van der Waals surface area contributed by atoms with E-state index in [0.29, 0.717) is 0 Å². The summed E-state index contributed by atoms with van der Waals surface area (Å²) in [5.41, 5.74) is 1.84. The van der Waals surface area contributed by atoms with Crippen LogP contribution < -0.4 is 0 Å². The molecule has 0 spiro atoms. The van der Waals surface area contributed by atoms with Gasteiger partial charge < -0.3 is 0 Å². The van der Waals surface area contributed by atoms with Gasteiger partial charge in [-0.15, -0.1) is 0 Å². The van der Waals surface area contributed by atoms with Crippen molar-refractivity contribution in [1.29, 1.82) is 0 Å². The van der Waals surface area contributed by atoms with Crippen LogP contribution in [0.3, 0.4) is 0 Å². The maximum Gasteiger partial charge on any atom is 2.00 e.